The van der Waals surface area contributed by atoms with Gasteiger partial charge in [-0.05, 0) is 19.2 Å². The predicted molar refractivity (Wildman–Crippen MR) is 73.8 cm³/mol. The van der Waals surface area contributed by atoms with E-state index in [4.69, 9.17) is 0 Å². The van der Waals surface area contributed by atoms with Gasteiger partial charge in [0.25, 0.3) is 5.82 Å². The summed E-state index contributed by atoms with van der Waals surface area (Å²) in [5.41, 5.74) is 0.00526. The van der Waals surface area contributed by atoms with Crippen molar-refractivity contribution in [2.24, 2.45) is 0 Å². The molecule has 0 unspecified atom stereocenters. The van der Waals surface area contributed by atoms with Crippen LogP contribution in [0.2, 0.25) is 0 Å². The third kappa shape index (κ3) is 4.28. The van der Waals surface area contributed by atoms with Crippen molar-refractivity contribution in [2.75, 3.05) is 39.1 Å². The monoisotopic (exact) mass is 332 g/mol. The van der Waals surface area contributed by atoms with Crippen LogP contribution in [0.15, 0.2) is 12.1 Å². The number of nitrogens with zero attached hydrogens (tertiary/aromatic N) is 5. The molecule has 0 aromatic carbocycles. The number of ether oxygens (including phenoxy) is 1. The van der Waals surface area contributed by atoms with Crippen molar-refractivity contribution in [1.82, 2.24) is 24.7 Å². The van der Waals surface area contributed by atoms with Crippen molar-refractivity contribution in [3.8, 4) is 0 Å². The smallest absolute Gasteiger partial charge is 0.453 e. The fourth-order valence-corrected chi connectivity index (χ4v) is 1.80. The zero-order valence-corrected chi connectivity index (χ0v) is 12.5. The molecule has 2 aromatic rings. The second-order valence-corrected chi connectivity index (χ2v) is 4.75. The molecule has 126 valence electrons. The van der Waals surface area contributed by atoms with Crippen molar-refractivity contribution in [3.05, 3.63) is 18.0 Å². The quantitative estimate of drug-likeness (QED) is 0.778. The normalized spacial score (nSPS) is 11.9. The lowest BCUT2D eigenvalue weighted by Gasteiger charge is -2.15. The average Bonchev–Trinajstić information content (AvgIpc) is 2.90. The van der Waals surface area contributed by atoms with Crippen LogP contribution in [0.25, 0.3) is 5.65 Å². The maximum Gasteiger partial charge on any atom is 0.453 e. The number of methoxy groups -OCH3 is 1. The maximum atomic E-state index is 12.8. The minimum absolute atomic E-state index is 0.00526. The lowest BCUT2D eigenvalue weighted by atomic mass is 10.4. The molecule has 23 heavy (non-hydrogen) atoms. The van der Waals surface area contributed by atoms with E-state index < -0.39 is 12.0 Å². The lowest BCUT2D eigenvalue weighted by Crippen LogP contribution is -2.31. The number of carbonyl (C=O) groups excluding carboxylic acids is 1. The molecule has 8 nitrogen and oxygen atoms in total. The van der Waals surface area contributed by atoms with Crippen molar-refractivity contribution in [2.45, 2.75) is 6.18 Å². The van der Waals surface area contributed by atoms with Crippen molar-refractivity contribution < 1.29 is 22.7 Å². The van der Waals surface area contributed by atoms with Gasteiger partial charge in [0.05, 0.1) is 13.7 Å². The highest BCUT2D eigenvalue weighted by molar-refractivity contribution is 5.71. The molecule has 0 saturated carbocycles. The van der Waals surface area contributed by atoms with Gasteiger partial charge in [0.2, 0.25) is 0 Å². The Hall–Kier alpha value is -2.43. The first-order valence-electron chi connectivity index (χ1n) is 6.60. The van der Waals surface area contributed by atoms with Crippen LogP contribution in [0.4, 0.5) is 19.0 Å². The molecule has 0 bridgehead atoms. The molecule has 0 saturated heterocycles. The number of alkyl halides is 3. The van der Waals surface area contributed by atoms with Crippen LogP contribution < -0.4 is 5.32 Å². The van der Waals surface area contributed by atoms with Crippen molar-refractivity contribution >= 4 is 17.4 Å². The molecule has 0 aliphatic carbocycles. The van der Waals surface area contributed by atoms with Crippen LogP contribution in [-0.2, 0) is 15.7 Å². The number of carbonyl (C=O) groups is 1. The Bertz CT molecular complexity index is 687. The van der Waals surface area contributed by atoms with Crippen molar-refractivity contribution in [1.29, 1.82) is 0 Å². The molecule has 11 heteroatoms. The first-order chi connectivity index (χ1) is 10.8. The fourth-order valence-electron chi connectivity index (χ4n) is 1.80. The van der Waals surface area contributed by atoms with Gasteiger partial charge in [0.1, 0.15) is 5.82 Å². The van der Waals surface area contributed by atoms with E-state index in [1.807, 2.05) is 0 Å². The molecule has 0 aliphatic rings. The van der Waals surface area contributed by atoms with Crippen LogP contribution in [0.3, 0.4) is 0 Å². The number of hydrogen-bond donors (Lipinski definition) is 1. The summed E-state index contributed by atoms with van der Waals surface area (Å²) in [6.07, 6.45) is -4.63. The van der Waals surface area contributed by atoms with Crippen LogP contribution in [0.5, 0.6) is 0 Å². The maximum absolute atomic E-state index is 12.8. The van der Waals surface area contributed by atoms with E-state index in [-0.39, 0.29) is 24.0 Å². The molecular formula is C12H15F3N6O2. The Balaban J connectivity index is 2.00. The molecule has 2 aromatic heterocycles. The highest BCUT2D eigenvalue weighted by Crippen LogP contribution is 2.27. The summed E-state index contributed by atoms with van der Waals surface area (Å²) < 4.78 is 43.5. The number of rotatable bonds is 6. The molecule has 1 N–H and O–H groups in total. The van der Waals surface area contributed by atoms with Gasteiger partial charge in [-0.25, -0.2) is 0 Å². The fraction of sp³-hybridized carbons (Fsp3) is 0.500. The number of nitrogens with one attached hydrogen (secondary N) is 1. The predicted octanol–water partition coefficient (Wildman–Crippen LogP) is 0.660. The Morgan fingerprint density at radius 3 is 2.78 bits per heavy atom. The summed E-state index contributed by atoms with van der Waals surface area (Å²) in [6.45, 7) is 0.979. The van der Waals surface area contributed by atoms with Gasteiger partial charge >= 0.3 is 12.1 Å². The first-order valence-corrected chi connectivity index (χ1v) is 6.60. The summed E-state index contributed by atoms with van der Waals surface area (Å²) in [5, 5.41) is 13.2. The summed E-state index contributed by atoms with van der Waals surface area (Å²) >= 11 is 0. The average molecular weight is 332 g/mol. The second-order valence-electron chi connectivity index (χ2n) is 4.75. The van der Waals surface area contributed by atoms with Gasteiger partial charge in [0.15, 0.2) is 5.65 Å². The van der Waals surface area contributed by atoms with E-state index in [2.05, 4.69) is 25.3 Å². The van der Waals surface area contributed by atoms with Crippen LogP contribution in [0, 0.1) is 0 Å². The number of aromatic nitrogens is 4. The molecule has 2 rings (SSSR count). The van der Waals surface area contributed by atoms with Crippen LogP contribution >= 0.6 is 0 Å². The number of esters is 1. The summed E-state index contributed by atoms with van der Waals surface area (Å²) in [7, 11) is 3.02. The highest BCUT2D eigenvalue weighted by Gasteiger charge is 2.37. The van der Waals surface area contributed by atoms with Gasteiger partial charge in [-0.3, -0.25) is 9.69 Å². The molecule has 2 heterocycles. The summed E-state index contributed by atoms with van der Waals surface area (Å²) in [6, 6.07) is 2.89. The molecule has 0 radical (unpaired) electrons. The number of fused-ring (bicyclic) bond motifs is 1. The van der Waals surface area contributed by atoms with E-state index >= 15 is 0 Å². The van der Waals surface area contributed by atoms with Crippen molar-refractivity contribution in [3.63, 3.8) is 0 Å². The molecule has 0 amide bonds. The minimum atomic E-state index is -4.63. The number of hydrogen-bond acceptors (Lipinski definition) is 7. The van der Waals surface area contributed by atoms with Crippen LogP contribution in [0.1, 0.15) is 5.82 Å². The largest absolute Gasteiger partial charge is 0.468 e. The second kappa shape index (κ2) is 6.77. The van der Waals surface area contributed by atoms with E-state index in [1.165, 1.54) is 19.2 Å². The molecule has 0 spiro atoms. The highest BCUT2D eigenvalue weighted by atomic mass is 19.4. The van der Waals surface area contributed by atoms with Gasteiger partial charge in [-0.1, -0.05) is 0 Å². The standard InChI is InChI=1S/C12H15F3N6O2/c1-20(7-10(22)23-2)6-5-16-8-3-4-9-17-18-11(12(13,14)15)21(9)19-8/h3-4H,5-7H2,1-2H3,(H,16,19). The van der Waals surface area contributed by atoms with E-state index in [9.17, 15) is 18.0 Å². The van der Waals surface area contributed by atoms with Gasteiger partial charge < -0.3 is 10.1 Å². The topological polar surface area (TPSA) is 84.6 Å². The van der Waals surface area contributed by atoms with E-state index in [0.717, 1.165) is 0 Å². The molecule has 0 fully saturated rings. The zero-order chi connectivity index (χ0) is 17.0. The van der Waals surface area contributed by atoms with Gasteiger partial charge in [-0.15, -0.1) is 15.3 Å². The van der Waals surface area contributed by atoms with Gasteiger partial charge in [-0.2, -0.15) is 17.7 Å². The number of anilines is 1. The first kappa shape index (κ1) is 16.9. The number of likely N-dealkylation sites (N-methyl/N-ethyl adjacent to an activating group) is 1. The van der Waals surface area contributed by atoms with E-state index in [0.29, 0.717) is 17.6 Å². The third-order valence-electron chi connectivity index (χ3n) is 2.94. The Morgan fingerprint density at radius 2 is 2.13 bits per heavy atom. The van der Waals surface area contributed by atoms with Gasteiger partial charge in [0, 0.05) is 13.1 Å². The Kier molecular flexibility index (Phi) is 4.98. The molecule has 0 aliphatic heterocycles. The number of halogens is 3. The Morgan fingerprint density at radius 1 is 1.39 bits per heavy atom. The van der Waals surface area contributed by atoms with Crippen LogP contribution in [-0.4, -0.2) is 64.5 Å². The minimum Gasteiger partial charge on any atom is -0.468 e. The molecular weight excluding hydrogens is 317 g/mol. The molecule has 0 atom stereocenters. The Labute approximate surface area is 129 Å². The summed E-state index contributed by atoms with van der Waals surface area (Å²) in [4.78, 5) is 12.8. The SMILES string of the molecule is COC(=O)CN(C)CCNc1ccc2nnc(C(F)(F)F)n2n1. The zero-order valence-electron chi connectivity index (χ0n) is 12.5. The summed E-state index contributed by atoms with van der Waals surface area (Å²) in [5.74, 6) is -1.31. The third-order valence-corrected chi connectivity index (χ3v) is 2.94. The van der Waals surface area contributed by atoms with E-state index in [1.54, 1.807) is 11.9 Å². The lowest BCUT2D eigenvalue weighted by molar-refractivity contribution is -0.146.